The number of aromatic nitrogens is 11. The summed E-state index contributed by atoms with van der Waals surface area (Å²) in [6.45, 7) is 5.90. The molecule has 0 radical (unpaired) electrons. The van der Waals surface area contributed by atoms with E-state index in [0.717, 1.165) is 149 Å². The molecule has 6 aromatic heterocycles. The third-order valence-electron chi connectivity index (χ3n) is 25.1. The number of imidazole rings is 5. The molecule has 12 aromatic rings. The Bertz CT molecular complexity index is 5810. The molecule has 31 nitrogen and oxygen atoms in total. The maximum absolute atomic E-state index is 13.0. The van der Waals surface area contributed by atoms with Crippen LogP contribution in [0.25, 0.3) is 56.3 Å². The Hall–Kier alpha value is -13.4. The number of pyridine rings is 1. The lowest BCUT2D eigenvalue weighted by molar-refractivity contribution is -0.604. The highest BCUT2D eigenvalue weighted by Crippen LogP contribution is 2.31. The molecule has 5 fully saturated rings. The number of hydrogen-bond donors (Lipinski definition) is 3. The molecule has 2 saturated heterocycles. The Kier molecular flexibility index (Phi) is 32.6. The highest BCUT2D eigenvalue weighted by atomic mass is 32.2. The van der Waals surface area contributed by atoms with Gasteiger partial charge in [0, 0.05) is 176 Å². The monoisotopic (exact) mass is 1780 g/mol. The second-order valence-electron chi connectivity index (χ2n) is 33.9. The molecule has 5 aliphatic rings. The number of sulfone groups is 1. The fourth-order valence-electron chi connectivity index (χ4n) is 17.2. The van der Waals surface area contributed by atoms with Crippen LogP contribution in [0.2, 0.25) is 0 Å². The number of hydrogen-bond acceptors (Lipinski definition) is 19. The number of rotatable bonds is 17. The van der Waals surface area contributed by atoms with Gasteiger partial charge in [-0.15, -0.1) is 0 Å². The minimum Gasteiger partial charge on any atom is -0.619 e. The van der Waals surface area contributed by atoms with Crippen LogP contribution in [0.15, 0.2) is 250 Å². The van der Waals surface area contributed by atoms with Crippen LogP contribution in [0.5, 0.6) is 11.5 Å². The number of hydroxylamine groups is 1. The van der Waals surface area contributed by atoms with Crippen LogP contribution in [0.3, 0.4) is 0 Å². The molecule has 0 unspecified atom stereocenters. The number of nitrogens with zero attached hydrogens (tertiary/aromatic N) is 18. The van der Waals surface area contributed by atoms with Crippen LogP contribution in [-0.4, -0.2) is 242 Å². The Morgan fingerprint density at radius 3 is 1.08 bits per heavy atom. The molecule has 6 amide bonds. The van der Waals surface area contributed by atoms with E-state index in [-0.39, 0.29) is 58.9 Å². The van der Waals surface area contributed by atoms with Crippen LogP contribution < -0.4 is 14.9 Å². The number of piperidine rings is 2. The van der Waals surface area contributed by atoms with Crippen molar-refractivity contribution in [2.45, 2.75) is 164 Å². The number of methoxy groups -OCH3 is 1. The van der Waals surface area contributed by atoms with Gasteiger partial charge in [-0.1, -0.05) is 136 Å². The summed E-state index contributed by atoms with van der Waals surface area (Å²) in [4.78, 5) is 111. The van der Waals surface area contributed by atoms with Gasteiger partial charge >= 0.3 is 30.2 Å². The van der Waals surface area contributed by atoms with Crippen LogP contribution in [0.4, 0.5) is 24.0 Å². The lowest BCUT2D eigenvalue weighted by Crippen LogP contribution is -2.46. The summed E-state index contributed by atoms with van der Waals surface area (Å²) in [5.74, 6) is 0.421. The summed E-state index contributed by atoms with van der Waals surface area (Å²) >= 11 is 0. The average molecular weight is 1790 g/mol. The van der Waals surface area contributed by atoms with Gasteiger partial charge in [0.2, 0.25) is 0 Å². The fraction of sp³-hybridized carbons (Fsp3) is 0.367. The molecule has 3 saturated carbocycles. The van der Waals surface area contributed by atoms with E-state index < -0.39 is 15.7 Å². The van der Waals surface area contributed by atoms with E-state index in [1.54, 1.807) is 165 Å². The first-order valence-corrected chi connectivity index (χ1v) is 46.3. The molecular weight excluding hydrogens is 1670 g/mol. The Morgan fingerprint density at radius 2 is 0.738 bits per heavy atom. The van der Waals surface area contributed by atoms with Gasteiger partial charge in [-0.05, 0) is 154 Å². The van der Waals surface area contributed by atoms with E-state index in [2.05, 4.69) is 83.3 Å². The molecule has 0 spiro atoms. The van der Waals surface area contributed by atoms with E-state index in [1.165, 1.54) is 101 Å². The van der Waals surface area contributed by atoms with Crippen molar-refractivity contribution in [3.63, 3.8) is 0 Å². The van der Waals surface area contributed by atoms with Crippen molar-refractivity contribution in [1.82, 2.24) is 87.5 Å². The first-order valence-electron chi connectivity index (χ1n) is 44.4. The summed E-state index contributed by atoms with van der Waals surface area (Å²) in [7, 11) is 7.72. The normalized spacial score (nSPS) is 15.3. The fourth-order valence-corrected chi connectivity index (χ4v) is 17.8. The summed E-state index contributed by atoms with van der Waals surface area (Å²) in [6.07, 6.45) is 40.0. The Morgan fingerprint density at radius 1 is 0.415 bits per heavy atom. The third kappa shape index (κ3) is 25.1. The minimum atomic E-state index is -3.22. The summed E-state index contributed by atoms with van der Waals surface area (Å²) in [5, 5.41) is 29.5. The molecule has 3 aliphatic carbocycles. The number of amides is 6. The topological polar surface area (TPSA) is 337 Å². The van der Waals surface area contributed by atoms with Crippen molar-refractivity contribution in [2.24, 2.45) is 0 Å². The van der Waals surface area contributed by atoms with Crippen molar-refractivity contribution in [3.8, 4) is 67.8 Å². The van der Waals surface area contributed by atoms with Crippen molar-refractivity contribution in [1.29, 1.82) is 0 Å². The number of phenolic OH excluding ortho intramolecular Hbond substituents is 1. The van der Waals surface area contributed by atoms with Gasteiger partial charge in [-0.25, -0.2) is 62.8 Å². The molecule has 0 atom stereocenters. The standard InChI is InChI=1S/C24H28N4O2.C23H26N4O2.C18H22N4O3.C18H23N3O3S.C15H18N4O2/c1-26(21-12-14-27(15-13-21)16-19-6-4-3-5-7-19)24(29)28-17-23(25-18-28)20-8-10-22(30-2)11-9-20;1-25(20-11-13-26(14-12-20)15-18-5-3-2-4-6-18)23(29)27-16-22(24-17-27)19-7-9-21(28)10-8-19;1-21(15-8-3-2-4-9-15)18(24)22-11-16(19-12-22)13-6-5-7-14(10-13)17(23)20-25;1-20(15-6-4-3-5-7-15)18(22)21-12-17(19-13-21)14-8-10-16(11-9-14)25(2,23)24;1-17(13-6-2-3-7-13)15(20)18-10-14(16-11-18)12-5-4-8-19(21)9-12/h3-11,17-18,21H,12-16H2,1-2H3;2-10,16-17,20,28H,11-15H2,1H3;5-7,10-12,15,25H,2-4,8-9H2,1H3,(H,20,23);8-13,15H,3-7H2,1-2H3;4-5,8-11,13H,2-3,6-7H2,1H3. The average Bonchev–Trinajstić information content (AvgIpc) is 1.71. The lowest BCUT2D eigenvalue weighted by Gasteiger charge is -2.36. The number of carbonyl (C=O) groups excluding carboxylic acids is 6. The highest BCUT2D eigenvalue weighted by Gasteiger charge is 2.32. The van der Waals surface area contributed by atoms with Gasteiger partial charge in [0.15, 0.2) is 22.2 Å². The number of phenols is 1. The molecule has 682 valence electrons. The van der Waals surface area contributed by atoms with E-state index in [0.29, 0.717) is 51.5 Å². The molecule has 2 aliphatic heterocycles. The van der Waals surface area contributed by atoms with Crippen molar-refractivity contribution in [2.75, 3.05) is 74.8 Å². The van der Waals surface area contributed by atoms with E-state index >= 15 is 0 Å². The Labute approximate surface area is 759 Å². The predicted octanol–water partition coefficient (Wildman–Crippen LogP) is 16.1. The van der Waals surface area contributed by atoms with Crippen LogP contribution in [-0.2, 0) is 22.9 Å². The first kappa shape index (κ1) is 94.2. The zero-order valence-electron chi connectivity index (χ0n) is 74.9. The molecule has 0 bridgehead atoms. The number of carbonyl (C=O) groups is 6. The molecule has 6 aromatic carbocycles. The smallest absolute Gasteiger partial charge is 0.329 e. The van der Waals surface area contributed by atoms with Gasteiger partial charge in [0.05, 0.1) is 46.0 Å². The van der Waals surface area contributed by atoms with Crippen LogP contribution in [0, 0.1) is 5.21 Å². The van der Waals surface area contributed by atoms with Gasteiger partial charge in [0.1, 0.15) is 43.1 Å². The van der Waals surface area contributed by atoms with Crippen molar-refractivity contribution < 1.29 is 57.0 Å². The lowest BCUT2D eigenvalue weighted by atomic mass is 9.95. The van der Waals surface area contributed by atoms with Crippen LogP contribution >= 0.6 is 0 Å². The second kappa shape index (κ2) is 45.0. The zero-order valence-corrected chi connectivity index (χ0v) is 75.7. The maximum atomic E-state index is 13.0. The zero-order chi connectivity index (χ0) is 91.8. The third-order valence-corrected chi connectivity index (χ3v) is 26.2. The van der Waals surface area contributed by atoms with Crippen molar-refractivity contribution in [3.05, 3.63) is 267 Å². The van der Waals surface area contributed by atoms with Gasteiger partial charge in [-0.3, -0.25) is 42.6 Å². The molecule has 8 heterocycles. The van der Waals surface area contributed by atoms with Gasteiger partial charge < -0.3 is 39.6 Å². The second-order valence-corrected chi connectivity index (χ2v) is 35.9. The number of likely N-dealkylation sites (tertiary alicyclic amines) is 2. The van der Waals surface area contributed by atoms with E-state index in [9.17, 15) is 47.5 Å². The van der Waals surface area contributed by atoms with Crippen LogP contribution in [0.1, 0.15) is 137 Å². The predicted molar refractivity (Wildman–Crippen MR) is 496 cm³/mol. The molecule has 3 N–H and O–H groups in total. The van der Waals surface area contributed by atoms with Crippen molar-refractivity contribution >= 4 is 45.9 Å². The largest absolute Gasteiger partial charge is 0.619 e. The SMILES string of the molecule is CN(C(=O)n1cnc(-c2ccc(O)cc2)c1)C1CCN(Cc2ccccc2)CC1.CN(C(=O)n1cnc(-c2ccc(S(C)(=O)=O)cc2)c1)C1CCCCC1.CN(C(=O)n1cnc(-c2ccc[n+]([O-])c2)c1)C1CCCC1.CN(C(=O)n1cnc(-c2cccc(C(=O)NO)c2)c1)C1CCCCC1.COc1ccc(-c2cn(C(=O)N(C)C3CCN(Cc4ccccc4)CC3)cn2)cc1. The van der Waals surface area contributed by atoms with E-state index in [4.69, 9.17) is 9.94 Å². The molecule has 130 heavy (non-hydrogen) atoms. The summed E-state index contributed by atoms with van der Waals surface area (Å²) < 4.78 is 36.6. The number of benzene rings is 6. The minimum absolute atomic E-state index is 0.0382. The summed E-state index contributed by atoms with van der Waals surface area (Å²) in [5.41, 5.74) is 11.9. The highest BCUT2D eigenvalue weighted by molar-refractivity contribution is 7.90. The maximum Gasteiger partial charge on any atom is 0.329 e. The van der Waals surface area contributed by atoms with E-state index in [1.807, 2.05) is 81.4 Å². The first-order chi connectivity index (χ1) is 62.8. The molecule has 32 heteroatoms. The quantitative estimate of drug-likeness (QED) is 0.0330. The molecular formula is C98H117N19O12S. The Balaban J connectivity index is 0.000000139. The van der Waals surface area contributed by atoms with Gasteiger partial charge in [0.25, 0.3) is 5.91 Å². The number of nitrogens with one attached hydrogen (secondary N) is 1. The number of ether oxygens (including phenoxy) is 1. The molecule has 17 rings (SSSR count). The number of aromatic hydroxyl groups is 1. The summed E-state index contributed by atoms with van der Waals surface area (Å²) in [6, 6.07) is 53.3. The van der Waals surface area contributed by atoms with Gasteiger partial charge in [-0.2, -0.15) is 4.73 Å².